The van der Waals surface area contributed by atoms with Gasteiger partial charge in [0.1, 0.15) is 18.0 Å². The van der Waals surface area contributed by atoms with E-state index in [-0.39, 0.29) is 5.82 Å². The molecule has 1 amide bonds. The molecule has 116 valence electrons. The Balaban J connectivity index is 2.34. The van der Waals surface area contributed by atoms with Gasteiger partial charge in [0.25, 0.3) is 0 Å². The van der Waals surface area contributed by atoms with E-state index < -0.39 is 36.3 Å². The van der Waals surface area contributed by atoms with Gasteiger partial charge in [-0.15, -0.1) is 0 Å². The van der Waals surface area contributed by atoms with E-state index in [0.717, 1.165) is 4.57 Å². The number of aliphatic hydroxyl groups excluding tert-OH is 2. The number of hydrogen-bond donors (Lipinski definition) is 5. The van der Waals surface area contributed by atoms with E-state index in [1.807, 2.05) is 0 Å². The fourth-order valence-corrected chi connectivity index (χ4v) is 2.28. The largest absolute Gasteiger partial charge is 0.394 e. The lowest BCUT2D eigenvalue weighted by Crippen LogP contribution is -2.61. The zero-order valence-corrected chi connectivity index (χ0v) is 11.3. The summed E-state index contributed by atoms with van der Waals surface area (Å²) in [7, 11) is 0. The third kappa shape index (κ3) is 2.61. The molecule has 1 unspecified atom stereocenters. The van der Waals surface area contributed by atoms with Gasteiger partial charge in [-0.25, -0.2) is 10.2 Å². The molecule has 21 heavy (non-hydrogen) atoms. The maximum absolute atomic E-state index is 11.8. The number of anilines is 1. The van der Waals surface area contributed by atoms with E-state index >= 15 is 0 Å². The quantitative estimate of drug-likeness (QED) is 0.286. The number of carbonyl (C=O) groups is 1. The Morgan fingerprint density at radius 3 is 2.95 bits per heavy atom. The number of nitrogens with two attached hydrogens (primary N) is 1. The lowest BCUT2D eigenvalue weighted by atomic mass is 9.91. The van der Waals surface area contributed by atoms with Gasteiger partial charge in [-0.1, -0.05) is 0 Å². The van der Waals surface area contributed by atoms with E-state index in [2.05, 4.69) is 15.8 Å². The van der Waals surface area contributed by atoms with Gasteiger partial charge in [0, 0.05) is 6.20 Å². The molecule has 1 aromatic heterocycles. The van der Waals surface area contributed by atoms with Crippen LogP contribution in [0.2, 0.25) is 0 Å². The van der Waals surface area contributed by atoms with Crippen molar-refractivity contribution >= 4 is 12.2 Å². The lowest BCUT2D eigenvalue weighted by Gasteiger charge is -2.32. The average molecular weight is 299 g/mol. The zero-order chi connectivity index (χ0) is 15.6. The molecular formula is C11H17N5O5. The summed E-state index contributed by atoms with van der Waals surface area (Å²) in [6, 6.07) is 1.39. The Morgan fingerprint density at radius 1 is 1.67 bits per heavy atom. The van der Waals surface area contributed by atoms with Gasteiger partial charge >= 0.3 is 5.69 Å². The number of amides is 1. The van der Waals surface area contributed by atoms with Crippen LogP contribution < -0.4 is 22.3 Å². The first-order valence-electron chi connectivity index (χ1n) is 6.19. The summed E-state index contributed by atoms with van der Waals surface area (Å²) in [6.45, 7) is 1.12. The second kappa shape index (κ2) is 5.77. The minimum absolute atomic E-state index is 0.0472. The summed E-state index contributed by atoms with van der Waals surface area (Å²) in [5.74, 6) is 0.0472. The number of nitrogens with zero attached hydrogens (tertiary/aromatic N) is 2. The van der Waals surface area contributed by atoms with Gasteiger partial charge in [0.2, 0.25) is 6.41 Å². The van der Waals surface area contributed by atoms with Crippen molar-refractivity contribution in [3.63, 3.8) is 0 Å². The van der Waals surface area contributed by atoms with Crippen molar-refractivity contribution in [2.75, 3.05) is 12.3 Å². The molecule has 4 atom stereocenters. The highest BCUT2D eigenvalue weighted by Crippen LogP contribution is 2.35. The van der Waals surface area contributed by atoms with Gasteiger partial charge in [-0.3, -0.25) is 14.8 Å². The van der Waals surface area contributed by atoms with Crippen molar-refractivity contribution in [3.8, 4) is 0 Å². The highest BCUT2D eigenvalue weighted by molar-refractivity contribution is 5.45. The van der Waals surface area contributed by atoms with Crippen LogP contribution in [0.15, 0.2) is 17.1 Å². The number of nitrogens with one attached hydrogen (secondary N) is 2. The molecule has 2 rings (SSSR count). The average Bonchev–Trinajstić information content (AvgIpc) is 2.70. The second-order valence-electron chi connectivity index (χ2n) is 4.85. The number of ether oxygens (including phenoxy) is 1. The zero-order valence-electron chi connectivity index (χ0n) is 11.3. The molecule has 0 radical (unpaired) electrons. The van der Waals surface area contributed by atoms with E-state index in [9.17, 15) is 19.8 Å². The van der Waals surface area contributed by atoms with Crippen LogP contribution in [0.25, 0.3) is 0 Å². The van der Waals surface area contributed by atoms with Crippen LogP contribution >= 0.6 is 0 Å². The van der Waals surface area contributed by atoms with Crippen LogP contribution in [0.4, 0.5) is 5.82 Å². The summed E-state index contributed by atoms with van der Waals surface area (Å²) in [5, 5.41) is 19.8. The Kier molecular flexibility index (Phi) is 4.23. The Bertz CT molecular complexity index is 578. The number of aromatic nitrogens is 2. The van der Waals surface area contributed by atoms with Crippen molar-refractivity contribution in [3.05, 3.63) is 22.7 Å². The van der Waals surface area contributed by atoms with Crippen LogP contribution in [-0.4, -0.2) is 50.5 Å². The number of rotatable bonds is 5. The molecule has 0 spiro atoms. The number of aliphatic hydroxyl groups is 2. The van der Waals surface area contributed by atoms with E-state index in [4.69, 9.17) is 10.5 Å². The molecular weight excluding hydrogens is 282 g/mol. The predicted molar refractivity (Wildman–Crippen MR) is 70.7 cm³/mol. The van der Waals surface area contributed by atoms with Gasteiger partial charge < -0.3 is 20.7 Å². The Morgan fingerprint density at radius 2 is 2.38 bits per heavy atom. The van der Waals surface area contributed by atoms with Gasteiger partial charge in [0.05, 0.1) is 12.1 Å². The maximum atomic E-state index is 11.8. The fourth-order valence-electron chi connectivity index (χ4n) is 2.28. The smallest absolute Gasteiger partial charge is 0.351 e. The van der Waals surface area contributed by atoms with Crippen molar-refractivity contribution < 1.29 is 19.7 Å². The minimum atomic E-state index is -1.23. The van der Waals surface area contributed by atoms with Gasteiger partial charge in [-0.2, -0.15) is 4.98 Å². The topological polar surface area (TPSA) is 152 Å². The number of nitrogen functional groups attached to an aromatic ring is 1. The third-order valence-electron chi connectivity index (χ3n) is 3.55. The molecule has 10 nitrogen and oxygen atoms in total. The summed E-state index contributed by atoms with van der Waals surface area (Å²) >= 11 is 0. The standard InChI is InChI=1S/C11H17N5O5/c1-11(15-13-5-18)6(4-17)21-9(8(11)19)16-3-2-7(12)14-10(16)20/h2-3,5-6,8-9,15,17,19H,4H2,1H3,(H,13,18)(H2,12,14,20)/t6-,8?,9-,11+/m1/s1. The summed E-state index contributed by atoms with van der Waals surface area (Å²) in [6.07, 6.45) is -1.43. The van der Waals surface area contributed by atoms with E-state index in [0.29, 0.717) is 6.41 Å². The van der Waals surface area contributed by atoms with Gasteiger partial charge in [0.15, 0.2) is 6.23 Å². The normalized spacial score (nSPS) is 32.0. The Labute approximate surface area is 119 Å². The van der Waals surface area contributed by atoms with Crippen LogP contribution in [0.3, 0.4) is 0 Å². The second-order valence-corrected chi connectivity index (χ2v) is 4.85. The van der Waals surface area contributed by atoms with Crippen LogP contribution in [-0.2, 0) is 9.53 Å². The molecule has 1 aliphatic heterocycles. The molecule has 0 aliphatic carbocycles. The van der Waals surface area contributed by atoms with Crippen LogP contribution in [0, 0.1) is 0 Å². The molecule has 0 saturated carbocycles. The first kappa shape index (κ1) is 15.4. The lowest BCUT2D eigenvalue weighted by molar-refractivity contribution is -0.111. The monoisotopic (exact) mass is 299 g/mol. The van der Waals surface area contributed by atoms with Crippen LogP contribution in [0.1, 0.15) is 13.2 Å². The molecule has 1 aliphatic rings. The number of hydrogen-bond acceptors (Lipinski definition) is 8. The first-order chi connectivity index (χ1) is 9.93. The molecule has 0 aromatic carbocycles. The van der Waals surface area contributed by atoms with Crippen LogP contribution in [0.5, 0.6) is 0 Å². The fraction of sp³-hybridized carbons (Fsp3) is 0.545. The van der Waals surface area contributed by atoms with Crippen molar-refractivity contribution in [1.82, 2.24) is 20.4 Å². The van der Waals surface area contributed by atoms with E-state index in [1.165, 1.54) is 12.3 Å². The minimum Gasteiger partial charge on any atom is -0.394 e. The molecule has 1 saturated heterocycles. The van der Waals surface area contributed by atoms with E-state index in [1.54, 1.807) is 6.92 Å². The third-order valence-corrected chi connectivity index (χ3v) is 3.55. The summed E-state index contributed by atoms with van der Waals surface area (Å²) in [5.41, 5.74) is 8.31. The number of carbonyl (C=O) groups excluding carboxylic acids is 1. The SMILES string of the molecule is C[C@@]1(NNC=O)C(O)[C@H](n2ccc(N)nc2=O)O[C@@H]1CO. The summed E-state index contributed by atoms with van der Waals surface area (Å²) < 4.78 is 6.57. The highest BCUT2D eigenvalue weighted by Gasteiger charge is 2.54. The van der Waals surface area contributed by atoms with Crippen molar-refractivity contribution in [2.24, 2.45) is 0 Å². The van der Waals surface area contributed by atoms with Crippen molar-refractivity contribution in [1.29, 1.82) is 0 Å². The molecule has 10 heteroatoms. The first-order valence-corrected chi connectivity index (χ1v) is 6.19. The number of hydrazine groups is 1. The Hall–Kier alpha value is -2.01. The van der Waals surface area contributed by atoms with Gasteiger partial charge in [-0.05, 0) is 13.0 Å². The summed E-state index contributed by atoms with van der Waals surface area (Å²) in [4.78, 5) is 25.8. The molecule has 2 heterocycles. The maximum Gasteiger partial charge on any atom is 0.351 e. The highest BCUT2D eigenvalue weighted by atomic mass is 16.5. The molecule has 1 fully saturated rings. The molecule has 1 aromatic rings. The molecule has 6 N–H and O–H groups in total. The molecule has 0 bridgehead atoms. The van der Waals surface area contributed by atoms with Crippen molar-refractivity contribution in [2.45, 2.75) is 30.9 Å². The predicted octanol–water partition coefficient (Wildman–Crippen LogP) is -2.91.